The van der Waals surface area contributed by atoms with Crippen LogP contribution in [0.15, 0.2) is 45.9 Å². The van der Waals surface area contributed by atoms with Crippen molar-refractivity contribution in [2.24, 2.45) is 0 Å². The van der Waals surface area contributed by atoms with E-state index in [0.29, 0.717) is 5.39 Å². The van der Waals surface area contributed by atoms with Gasteiger partial charge in [0.25, 0.3) is 0 Å². The Morgan fingerprint density at radius 3 is 2.71 bits per heavy atom. The largest absolute Gasteiger partial charge is 0.411 e. The van der Waals surface area contributed by atoms with Gasteiger partial charge in [-0.3, -0.25) is 0 Å². The Morgan fingerprint density at radius 1 is 1.24 bits per heavy atom. The summed E-state index contributed by atoms with van der Waals surface area (Å²) in [6.07, 6.45) is 1.20. The van der Waals surface area contributed by atoms with Gasteiger partial charge < -0.3 is 4.42 Å². The average Bonchev–Trinajstić information content (AvgIpc) is 2.69. The van der Waals surface area contributed by atoms with Crippen LogP contribution in [-0.2, 0) is 0 Å². The first kappa shape index (κ1) is 10.2. The highest BCUT2D eigenvalue weighted by molar-refractivity contribution is 7.22. The van der Waals surface area contributed by atoms with E-state index in [9.17, 15) is 4.79 Å². The zero-order valence-electron chi connectivity index (χ0n) is 9.14. The van der Waals surface area contributed by atoms with Gasteiger partial charge in [-0.05, 0) is 18.1 Å². The molecule has 0 amide bonds. The van der Waals surface area contributed by atoms with Crippen molar-refractivity contribution in [2.45, 2.75) is 6.92 Å². The smallest absolute Gasteiger partial charge is 0.347 e. The third-order valence-corrected chi connectivity index (χ3v) is 3.95. The second-order valence-electron chi connectivity index (χ2n) is 3.74. The minimum absolute atomic E-state index is 0.314. The molecule has 0 unspecified atom stereocenters. The molecule has 0 bridgehead atoms. The highest BCUT2D eigenvalue weighted by Crippen LogP contribution is 2.35. The zero-order valence-corrected chi connectivity index (χ0v) is 9.95. The third-order valence-electron chi connectivity index (χ3n) is 2.70. The maximum absolute atomic E-state index is 11.6. The molecule has 0 N–H and O–H groups in total. The molecule has 0 aliphatic rings. The molecule has 1 aromatic carbocycles. The number of fused-ring (bicyclic) bond motifs is 1. The van der Waals surface area contributed by atoms with Crippen molar-refractivity contribution in [1.29, 1.82) is 0 Å². The van der Waals surface area contributed by atoms with Crippen molar-refractivity contribution in [2.75, 3.05) is 0 Å². The molecule has 17 heavy (non-hydrogen) atoms. The molecule has 0 aliphatic carbocycles. The van der Waals surface area contributed by atoms with E-state index < -0.39 is 0 Å². The number of aryl methyl sites for hydroxylation is 1. The first-order valence-electron chi connectivity index (χ1n) is 5.19. The van der Waals surface area contributed by atoms with Crippen LogP contribution in [0.5, 0.6) is 0 Å². The molecule has 84 valence electrons. The van der Waals surface area contributed by atoms with Gasteiger partial charge in [0.1, 0.15) is 10.2 Å². The van der Waals surface area contributed by atoms with E-state index >= 15 is 0 Å². The molecule has 0 atom stereocenters. The summed E-state index contributed by atoms with van der Waals surface area (Å²) < 4.78 is 4.81. The van der Waals surface area contributed by atoms with Gasteiger partial charge in [0.2, 0.25) is 0 Å². The highest BCUT2D eigenvalue weighted by Gasteiger charge is 2.14. The molecule has 0 saturated heterocycles. The minimum Gasteiger partial charge on any atom is -0.411 e. The van der Waals surface area contributed by atoms with Crippen LogP contribution in [0.1, 0.15) is 5.56 Å². The molecule has 2 heterocycles. The Balaban J connectivity index is 2.37. The lowest BCUT2D eigenvalue weighted by molar-refractivity contribution is 0.501. The van der Waals surface area contributed by atoms with E-state index in [4.69, 9.17) is 4.42 Å². The standard InChI is InChI=1S/C13H9NO2S/c1-8-10-12(14-7-16-13(10)15)17-11(8)9-5-3-2-4-6-9/h2-7H,1H3. The SMILES string of the molecule is Cc1c(-c2ccccc2)sc2ncoc(=O)c12. The van der Waals surface area contributed by atoms with E-state index in [1.165, 1.54) is 17.7 Å². The lowest BCUT2D eigenvalue weighted by Crippen LogP contribution is -1.98. The fourth-order valence-corrected chi connectivity index (χ4v) is 3.01. The van der Waals surface area contributed by atoms with Crippen molar-refractivity contribution in [3.05, 3.63) is 52.7 Å². The van der Waals surface area contributed by atoms with Crippen molar-refractivity contribution >= 4 is 21.6 Å². The number of hydrogen-bond donors (Lipinski definition) is 0. The van der Waals surface area contributed by atoms with Gasteiger partial charge in [-0.1, -0.05) is 30.3 Å². The second kappa shape index (κ2) is 3.82. The molecule has 2 aromatic heterocycles. The van der Waals surface area contributed by atoms with E-state index in [1.54, 1.807) is 0 Å². The summed E-state index contributed by atoms with van der Waals surface area (Å²) in [4.78, 5) is 17.6. The topological polar surface area (TPSA) is 43.1 Å². The van der Waals surface area contributed by atoms with E-state index in [1.807, 2.05) is 37.3 Å². The van der Waals surface area contributed by atoms with Gasteiger partial charge in [0.05, 0.1) is 0 Å². The summed E-state index contributed by atoms with van der Waals surface area (Å²) in [7, 11) is 0. The average molecular weight is 243 g/mol. The minimum atomic E-state index is -0.314. The van der Waals surface area contributed by atoms with Gasteiger partial charge in [0, 0.05) is 4.88 Å². The van der Waals surface area contributed by atoms with Crippen LogP contribution < -0.4 is 5.63 Å². The number of benzene rings is 1. The molecule has 3 nitrogen and oxygen atoms in total. The fraction of sp³-hybridized carbons (Fsp3) is 0.0769. The molecular weight excluding hydrogens is 234 g/mol. The number of rotatable bonds is 1. The number of hydrogen-bond acceptors (Lipinski definition) is 4. The van der Waals surface area contributed by atoms with Crippen LogP contribution >= 0.6 is 11.3 Å². The zero-order chi connectivity index (χ0) is 11.8. The van der Waals surface area contributed by atoms with Gasteiger partial charge in [-0.15, -0.1) is 11.3 Å². The van der Waals surface area contributed by atoms with Crippen LogP contribution in [0.3, 0.4) is 0 Å². The summed E-state index contributed by atoms with van der Waals surface area (Å²) in [5.74, 6) is 0. The van der Waals surface area contributed by atoms with Crippen molar-refractivity contribution < 1.29 is 4.42 Å². The van der Waals surface area contributed by atoms with Crippen molar-refractivity contribution in [3.8, 4) is 10.4 Å². The van der Waals surface area contributed by atoms with Gasteiger partial charge >= 0.3 is 5.63 Å². The molecule has 3 rings (SSSR count). The van der Waals surface area contributed by atoms with Crippen LogP contribution in [0.2, 0.25) is 0 Å². The molecule has 0 radical (unpaired) electrons. The summed E-state index contributed by atoms with van der Waals surface area (Å²) in [6, 6.07) is 9.99. The molecule has 4 heteroatoms. The Morgan fingerprint density at radius 2 is 2.00 bits per heavy atom. The predicted octanol–water partition coefficient (Wildman–Crippen LogP) is 3.22. The van der Waals surface area contributed by atoms with E-state index in [2.05, 4.69) is 4.98 Å². The Bertz CT molecular complexity index is 728. The monoisotopic (exact) mass is 243 g/mol. The fourth-order valence-electron chi connectivity index (χ4n) is 1.88. The van der Waals surface area contributed by atoms with E-state index in [-0.39, 0.29) is 5.63 Å². The molecule has 0 aliphatic heterocycles. The van der Waals surface area contributed by atoms with Gasteiger partial charge in [-0.2, -0.15) is 0 Å². The van der Waals surface area contributed by atoms with Crippen molar-refractivity contribution in [3.63, 3.8) is 0 Å². The molecule has 0 spiro atoms. The summed E-state index contributed by atoms with van der Waals surface area (Å²) >= 11 is 1.52. The highest BCUT2D eigenvalue weighted by atomic mass is 32.1. The van der Waals surface area contributed by atoms with Gasteiger partial charge in [0.15, 0.2) is 6.39 Å². The molecule has 0 fully saturated rings. The Hall–Kier alpha value is -1.94. The second-order valence-corrected chi connectivity index (χ2v) is 4.74. The number of nitrogens with zero attached hydrogens (tertiary/aromatic N) is 1. The number of aromatic nitrogens is 1. The van der Waals surface area contributed by atoms with Gasteiger partial charge in [-0.25, -0.2) is 9.78 Å². The third kappa shape index (κ3) is 1.57. The number of thiophene rings is 1. The first-order chi connectivity index (χ1) is 8.27. The molecular formula is C13H9NO2S. The van der Waals surface area contributed by atoms with Crippen molar-refractivity contribution in [1.82, 2.24) is 4.98 Å². The first-order valence-corrected chi connectivity index (χ1v) is 6.01. The summed E-state index contributed by atoms with van der Waals surface area (Å²) in [5, 5.41) is 0.594. The van der Waals surface area contributed by atoms with Crippen LogP contribution in [0, 0.1) is 6.92 Å². The summed E-state index contributed by atoms with van der Waals surface area (Å²) in [5.41, 5.74) is 1.73. The lowest BCUT2D eigenvalue weighted by atomic mass is 10.1. The Labute approximate surface area is 101 Å². The van der Waals surface area contributed by atoms with E-state index in [0.717, 1.165) is 20.8 Å². The molecule has 0 saturated carbocycles. The molecule has 3 aromatic rings. The maximum atomic E-state index is 11.6. The maximum Gasteiger partial charge on any atom is 0.347 e. The summed E-state index contributed by atoms with van der Waals surface area (Å²) in [6.45, 7) is 1.93. The van der Waals surface area contributed by atoms with Crippen LogP contribution in [0.4, 0.5) is 0 Å². The van der Waals surface area contributed by atoms with Crippen LogP contribution in [0.25, 0.3) is 20.7 Å². The normalized spacial score (nSPS) is 10.9. The quantitative estimate of drug-likeness (QED) is 0.659. The predicted molar refractivity (Wildman–Crippen MR) is 68.3 cm³/mol. The lowest BCUT2D eigenvalue weighted by Gasteiger charge is -1.97. The Kier molecular flexibility index (Phi) is 2.30. The van der Waals surface area contributed by atoms with Crippen LogP contribution in [-0.4, -0.2) is 4.98 Å².